The first kappa shape index (κ1) is 18.7. The first-order valence-electron chi connectivity index (χ1n) is 9.42. The van der Waals surface area contributed by atoms with Crippen LogP contribution in [0.4, 0.5) is 0 Å². The summed E-state index contributed by atoms with van der Waals surface area (Å²) in [4.78, 5) is 4.58. The van der Waals surface area contributed by atoms with Crippen LogP contribution in [-0.4, -0.2) is 43.5 Å². The van der Waals surface area contributed by atoms with Crippen molar-refractivity contribution in [3.05, 3.63) is 35.6 Å². The van der Waals surface area contributed by atoms with Crippen LogP contribution >= 0.6 is 0 Å². The average Bonchev–Trinajstić information content (AvgIpc) is 3.41. The minimum Gasteiger partial charge on any atom is -0.459 e. The highest BCUT2D eigenvalue weighted by Crippen LogP contribution is 2.28. The van der Waals surface area contributed by atoms with Crippen molar-refractivity contribution in [2.45, 2.75) is 39.3 Å². The topological polar surface area (TPSA) is 79.0 Å². The lowest BCUT2D eigenvalue weighted by molar-refractivity contribution is 0.0345. The van der Waals surface area contributed by atoms with Crippen molar-refractivity contribution in [3.63, 3.8) is 0 Å². The Kier molecular flexibility index (Phi) is 6.52. The van der Waals surface area contributed by atoms with Crippen LogP contribution in [0.15, 0.2) is 33.7 Å². The predicted octanol–water partition coefficient (Wildman–Crippen LogP) is 2.58. The molecule has 2 aromatic rings. The number of benzene rings is 1. The molecule has 0 amide bonds. The summed E-state index contributed by atoms with van der Waals surface area (Å²) in [5.41, 5.74) is 2.00. The first-order valence-corrected chi connectivity index (χ1v) is 9.42. The SMILES string of the molecule is CCNC(=NCc1oc2ccccc2c1C)NCC(O)COCC1CC1. The molecule has 6 heteroatoms. The molecule has 0 spiro atoms. The van der Waals surface area contributed by atoms with Gasteiger partial charge in [0.2, 0.25) is 0 Å². The van der Waals surface area contributed by atoms with E-state index in [1.165, 1.54) is 12.8 Å². The van der Waals surface area contributed by atoms with E-state index in [1.54, 1.807) is 0 Å². The third-order valence-electron chi connectivity index (χ3n) is 4.53. The number of para-hydroxylation sites is 1. The molecule has 1 fully saturated rings. The number of aliphatic hydroxyl groups is 1. The van der Waals surface area contributed by atoms with E-state index in [0.29, 0.717) is 31.6 Å². The zero-order valence-electron chi connectivity index (χ0n) is 15.6. The van der Waals surface area contributed by atoms with E-state index >= 15 is 0 Å². The van der Waals surface area contributed by atoms with E-state index in [4.69, 9.17) is 9.15 Å². The minimum absolute atomic E-state index is 0.353. The maximum atomic E-state index is 10.0. The number of aliphatic imine (C=N–C) groups is 1. The Morgan fingerprint density at radius 1 is 1.35 bits per heavy atom. The molecule has 0 saturated heterocycles. The number of fused-ring (bicyclic) bond motifs is 1. The molecule has 3 rings (SSSR count). The lowest BCUT2D eigenvalue weighted by Crippen LogP contribution is -2.42. The van der Waals surface area contributed by atoms with Gasteiger partial charge < -0.3 is 24.9 Å². The van der Waals surface area contributed by atoms with Crippen LogP contribution in [0.2, 0.25) is 0 Å². The van der Waals surface area contributed by atoms with Crippen LogP contribution in [0.5, 0.6) is 0 Å². The van der Waals surface area contributed by atoms with Crippen LogP contribution in [0.1, 0.15) is 31.1 Å². The fraction of sp³-hybridized carbons (Fsp3) is 0.550. The van der Waals surface area contributed by atoms with Crippen molar-refractivity contribution in [1.29, 1.82) is 0 Å². The van der Waals surface area contributed by atoms with Crippen LogP contribution in [0.25, 0.3) is 11.0 Å². The van der Waals surface area contributed by atoms with Gasteiger partial charge in [-0.05, 0) is 38.7 Å². The molecule has 1 aromatic carbocycles. The van der Waals surface area contributed by atoms with E-state index in [1.807, 2.05) is 25.1 Å². The predicted molar refractivity (Wildman–Crippen MR) is 103 cm³/mol. The number of rotatable bonds is 9. The zero-order valence-corrected chi connectivity index (χ0v) is 15.6. The summed E-state index contributed by atoms with van der Waals surface area (Å²) in [6.45, 7) is 6.78. The summed E-state index contributed by atoms with van der Waals surface area (Å²) >= 11 is 0. The van der Waals surface area contributed by atoms with Gasteiger partial charge in [0.15, 0.2) is 5.96 Å². The molecule has 1 aliphatic carbocycles. The van der Waals surface area contributed by atoms with E-state index in [2.05, 4.69) is 28.6 Å². The molecule has 1 heterocycles. The second kappa shape index (κ2) is 9.05. The molecule has 1 unspecified atom stereocenters. The quantitative estimate of drug-likeness (QED) is 0.474. The summed E-state index contributed by atoms with van der Waals surface area (Å²) in [6.07, 6.45) is 1.96. The highest BCUT2D eigenvalue weighted by molar-refractivity contribution is 5.82. The van der Waals surface area contributed by atoms with Gasteiger partial charge in [-0.1, -0.05) is 18.2 Å². The maximum Gasteiger partial charge on any atom is 0.191 e. The fourth-order valence-corrected chi connectivity index (χ4v) is 2.80. The summed E-state index contributed by atoms with van der Waals surface area (Å²) < 4.78 is 11.4. The largest absolute Gasteiger partial charge is 0.459 e. The van der Waals surface area contributed by atoms with E-state index in [-0.39, 0.29) is 0 Å². The van der Waals surface area contributed by atoms with Crippen LogP contribution in [0.3, 0.4) is 0 Å². The fourth-order valence-electron chi connectivity index (χ4n) is 2.80. The number of ether oxygens (including phenoxy) is 1. The Bertz CT molecular complexity index is 737. The van der Waals surface area contributed by atoms with Gasteiger partial charge >= 0.3 is 0 Å². The highest BCUT2D eigenvalue weighted by atomic mass is 16.5. The Balaban J connectivity index is 1.52. The Hall–Kier alpha value is -2.05. The number of nitrogens with zero attached hydrogens (tertiary/aromatic N) is 1. The molecule has 26 heavy (non-hydrogen) atoms. The van der Waals surface area contributed by atoms with Crippen molar-refractivity contribution in [1.82, 2.24) is 10.6 Å². The van der Waals surface area contributed by atoms with E-state index in [9.17, 15) is 5.11 Å². The molecule has 1 saturated carbocycles. The number of hydrogen-bond acceptors (Lipinski definition) is 4. The molecule has 142 valence electrons. The number of guanidine groups is 1. The van der Waals surface area contributed by atoms with Gasteiger partial charge in [0.05, 0.1) is 12.7 Å². The van der Waals surface area contributed by atoms with Gasteiger partial charge in [-0.25, -0.2) is 4.99 Å². The van der Waals surface area contributed by atoms with E-state index in [0.717, 1.165) is 35.4 Å². The van der Waals surface area contributed by atoms with Crippen LogP contribution in [-0.2, 0) is 11.3 Å². The summed E-state index contributed by atoms with van der Waals surface area (Å²) in [6, 6.07) is 8.01. The van der Waals surface area contributed by atoms with Gasteiger partial charge in [-0.2, -0.15) is 0 Å². The average molecular weight is 359 g/mol. The lowest BCUT2D eigenvalue weighted by atomic mass is 10.1. The standard InChI is InChI=1S/C20H29N3O3/c1-3-21-20(22-10-16(24)13-25-12-15-8-9-15)23-11-19-14(2)17-6-4-5-7-18(17)26-19/h4-7,15-16,24H,3,8-13H2,1-2H3,(H2,21,22,23). The number of hydrogen-bond donors (Lipinski definition) is 3. The van der Waals surface area contributed by atoms with Gasteiger partial charge in [0, 0.05) is 30.6 Å². The molecule has 6 nitrogen and oxygen atoms in total. The Morgan fingerprint density at radius 2 is 2.15 bits per heavy atom. The zero-order chi connectivity index (χ0) is 18.4. The van der Waals surface area contributed by atoms with Gasteiger partial charge in [-0.15, -0.1) is 0 Å². The number of aryl methyl sites for hydroxylation is 1. The van der Waals surface area contributed by atoms with Crippen molar-refractivity contribution in [2.75, 3.05) is 26.3 Å². The van der Waals surface area contributed by atoms with Crippen molar-refractivity contribution < 1.29 is 14.3 Å². The van der Waals surface area contributed by atoms with Gasteiger partial charge in [-0.3, -0.25) is 0 Å². The molecule has 1 aliphatic rings. The Labute approximate surface area is 154 Å². The second-order valence-corrected chi connectivity index (χ2v) is 6.86. The van der Waals surface area contributed by atoms with Crippen molar-refractivity contribution in [2.24, 2.45) is 10.9 Å². The third kappa shape index (κ3) is 5.22. The minimum atomic E-state index is -0.550. The Morgan fingerprint density at radius 3 is 2.88 bits per heavy atom. The summed E-state index contributed by atoms with van der Waals surface area (Å²) in [5, 5.41) is 17.5. The van der Waals surface area contributed by atoms with Gasteiger partial charge in [0.1, 0.15) is 17.9 Å². The number of aliphatic hydroxyl groups excluding tert-OH is 1. The van der Waals surface area contributed by atoms with Crippen molar-refractivity contribution in [3.8, 4) is 0 Å². The number of nitrogens with one attached hydrogen (secondary N) is 2. The number of furan rings is 1. The molecular weight excluding hydrogens is 330 g/mol. The first-order chi connectivity index (χ1) is 12.7. The van der Waals surface area contributed by atoms with Crippen LogP contribution in [0, 0.1) is 12.8 Å². The molecule has 3 N–H and O–H groups in total. The monoisotopic (exact) mass is 359 g/mol. The van der Waals surface area contributed by atoms with E-state index < -0.39 is 6.10 Å². The lowest BCUT2D eigenvalue weighted by Gasteiger charge is -2.15. The van der Waals surface area contributed by atoms with Crippen LogP contribution < -0.4 is 10.6 Å². The summed E-state index contributed by atoms with van der Waals surface area (Å²) in [5.74, 6) is 2.23. The third-order valence-corrected chi connectivity index (χ3v) is 4.53. The maximum absolute atomic E-state index is 10.0. The normalized spacial score (nSPS) is 16.0. The molecule has 1 atom stereocenters. The molecule has 0 radical (unpaired) electrons. The molecule has 0 bridgehead atoms. The smallest absolute Gasteiger partial charge is 0.191 e. The van der Waals surface area contributed by atoms with Gasteiger partial charge in [0.25, 0.3) is 0 Å². The summed E-state index contributed by atoms with van der Waals surface area (Å²) in [7, 11) is 0. The second-order valence-electron chi connectivity index (χ2n) is 6.86. The highest BCUT2D eigenvalue weighted by Gasteiger charge is 2.21. The molecule has 1 aromatic heterocycles. The molecular formula is C20H29N3O3. The van der Waals surface area contributed by atoms with Crippen molar-refractivity contribution >= 4 is 16.9 Å². The molecule has 0 aliphatic heterocycles.